The Balaban J connectivity index is 1.74. The van der Waals surface area contributed by atoms with Crippen LogP contribution in [0.15, 0.2) is 41.5 Å². The highest BCUT2D eigenvalue weighted by molar-refractivity contribution is 6.02. The number of aromatic hydroxyl groups is 1. The number of nitrogens with zero attached hydrogens (tertiary/aromatic N) is 1. The minimum atomic E-state index is 0.242. The van der Waals surface area contributed by atoms with Crippen molar-refractivity contribution in [2.24, 2.45) is 5.10 Å². The van der Waals surface area contributed by atoms with Gasteiger partial charge in [-0.1, -0.05) is 30.3 Å². The molecule has 0 spiro atoms. The molecule has 2 aromatic carbocycles. The number of hydrazone groups is 1. The summed E-state index contributed by atoms with van der Waals surface area (Å²) >= 11 is 0. The van der Waals surface area contributed by atoms with Crippen LogP contribution in [0, 0.1) is 0 Å². The van der Waals surface area contributed by atoms with Gasteiger partial charge >= 0.3 is 0 Å². The summed E-state index contributed by atoms with van der Waals surface area (Å²) in [5.41, 5.74) is 3.74. The fraction of sp³-hybridized carbons (Fsp3) is 0.312. The Hall–Kier alpha value is -2.07. The van der Waals surface area contributed by atoms with Crippen molar-refractivity contribution in [1.29, 1.82) is 0 Å². The molecular weight excluding hydrogens is 252 g/mol. The Bertz CT molecular complexity index is 619. The van der Waals surface area contributed by atoms with Crippen molar-refractivity contribution in [2.45, 2.75) is 18.9 Å². The van der Waals surface area contributed by atoms with Gasteiger partial charge in [-0.3, -0.25) is 0 Å². The van der Waals surface area contributed by atoms with E-state index in [1.807, 2.05) is 30.3 Å². The number of benzene rings is 2. The molecule has 1 atom stereocenters. The second kappa shape index (κ2) is 5.92. The summed E-state index contributed by atoms with van der Waals surface area (Å²) in [7, 11) is 0. The van der Waals surface area contributed by atoms with Gasteiger partial charge in [-0.15, -0.1) is 0 Å². The molecule has 1 fully saturated rings. The van der Waals surface area contributed by atoms with Crippen molar-refractivity contribution in [2.75, 3.05) is 13.2 Å². The number of phenols is 1. The van der Waals surface area contributed by atoms with Gasteiger partial charge in [-0.2, -0.15) is 5.10 Å². The average molecular weight is 270 g/mol. The molecule has 0 amide bonds. The third-order valence-electron chi connectivity index (χ3n) is 3.58. The molecule has 20 heavy (non-hydrogen) atoms. The first-order valence-electron chi connectivity index (χ1n) is 6.93. The minimum absolute atomic E-state index is 0.242. The lowest BCUT2D eigenvalue weighted by atomic mass is 10.0. The zero-order chi connectivity index (χ0) is 13.8. The van der Waals surface area contributed by atoms with Gasteiger partial charge in [-0.05, 0) is 29.7 Å². The molecule has 1 aliphatic rings. The van der Waals surface area contributed by atoms with Crippen LogP contribution in [0.5, 0.6) is 5.75 Å². The van der Waals surface area contributed by atoms with E-state index in [2.05, 4.69) is 10.5 Å². The number of nitrogens with one attached hydrogen (secondary N) is 1. The molecule has 104 valence electrons. The molecule has 1 heterocycles. The van der Waals surface area contributed by atoms with E-state index < -0.39 is 0 Å². The van der Waals surface area contributed by atoms with Gasteiger partial charge in [0.05, 0.1) is 18.9 Å². The van der Waals surface area contributed by atoms with Gasteiger partial charge in [0, 0.05) is 12.2 Å². The van der Waals surface area contributed by atoms with Crippen LogP contribution in [0.2, 0.25) is 0 Å². The van der Waals surface area contributed by atoms with Crippen molar-refractivity contribution >= 4 is 17.0 Å². The summed E-state index contributed by atoms with van der Waals surface area (Å²) in [5, 5.41) is 16.3. The maximum absolute atomic E-state index is 9.98. The van der Waals surface area contributed by atoms with Gasteiger partial charge < -0.3 is 15.3 Å². The first-order chi connectivity index (χ1) is 9.84. The summed E-state index contributed by atoms with van der Waals surface area (Å²) in [5.74, 6) is 0.242. The quantitative estimate of drug-likeness (QED) is 0.663. The summed E-state index contributed by atoms with van der Waals surface area (Å²) in [6.07, 6.45) is 4.14. The summed E-state index contributed by atoms with van der Waals surface area (Å²) < 4.78 is 5.51. The van der Waals surface area contributed by atoms with Gasteiger partial charge in [0.25, 0.3) is 0 Å². The highest BCUT2D eigenvalue weighted by Crippen LogP contribution is 2.25. The predicted octanol–water partition coefficient (Wildman–Crippen LogP) is 2.65. The lowest BCUT2D eigenvalue weighted by Crippen LogP contribution is -2.22. The molecule has 0 saturated carbocycles. The maximum Gasteiger partial charge on any atom is 0.125 e. The van der Waals surface area contributed by atoms with E-state index in [0.717, 1.165) is 35.8 Å². The van der Waals surface area contributed by atoms with Crippen LogP contribution < -0.4 is 5.43 Å². The van der Waals surface area contributed by atoms with Gasteiger partial charge in [0.2, 0.25) is 0 Å². The second-order valence-corrected chi connectivity index (χ2v) is 4.97. The van der Waals surface area contributed by atoms with Crippen molar-refractivity contribution < 1.29 is 9.84 Å². The Morgan fingerprint density at radius 2 is 2.20 bits per heavy atom. The summed E-state index contributed by atoms with van der Waals surface area (Å²) in [6, 6.07) is 11.5. The largest absolute Gasteiger partial charge is 0.507 e. The van der Waals surface area contributed by atoms with Crippen molar-refractivity contribution in [1.82, 2.24) is 5.43 Å². The molecule has 0 aliphatic carbocycles. The summed E-state index contributed by atoms with van der Waals surface area (Å²) in [4.78, 5) is 0. The van der Waals surface area contributed by atoms with Crippen LogP contribution in [-0.4, -0.2) is 30.6 Å². The Morgan fingerprint density at radius 3 is 3.05 bits per heavy atom. The number of hydrogen-bond donors (Lipinski definition) is 2. The van der Waals surface area contributed by atoms with E-state index in [9.17, 15) is 5.11 Å². The first-order valence-corrected chi connectivity index (χ1v) is 6.93. The SMILES string of the molecule is Oc1ccc2ccccc2c1C=NNCC1CCCO1. The van der Waals surface area contributed by atoms with Gasteiger partial charge in [-0.25, -0.2) is 0 Å². The number of phenolic OH excluding ortho intramolecular Hbond substituents is 1. The maximum atomic E-state index is 9.98. The fourth-order valence-electron chi connectivity index (χ4n) is 2.49. The molecular formula is C16H18N2O2. The molecule has 1 unspecified atom stereocenters. The van der Waals surface area contributed by atoms with E-state index in [1.54, 1.807) is 12.3 Å². The van der Waals surface area contributed by atoms with Crippen LogP contribution >= 0.6 is 0 Å². The Morgan fingerprint density at radius 1 is 1.30 bits per heavy atom. The third-order valence-corrected chi connectivity index (χ3v) is 3.58. The molecule has 4 heteroatoms. The molecule has 4 nitrogen and oxygen atoms in total. The number of fused-ring (bicyclic) bond motifs is 1. The minimum Gasteiger partial charge on any atom is -0.507 e. The van der Waals surface area contributed by atoms with Crippen LogP contribution in [0.1, 0.15) is 18.4 Å². The molecule has 0 aromatic heterocycles. The Labute approximate surface area is 118 Å². The summed E-state index contributed by atoms with van der Waals surface area (Å²) in [6.45, 7) is 1.56. The van der Waals surface area contributed by atoms with E-state index in [-0.39, 0.29) is 11.9 Å². The molecule has 1 aliphatic heterocycles. The van der Waals surface area contributed by atoms with Gasteiger partial charge in [0.15, 0.2) is 0 Å². The zero-order valence-corrected chi connectivity index (χ0v) is 11.2. The monoisotopic (exact) mass is 270 g/mol. The lowest BCUT2D eigenvalue weighted by molar-refractivity contribution is 0.110. The zero-order valence-electron chi connectivity index (χ0n) is 11.2. The smallest absolute Gasteiger partial charge is 0.125 e. The van der Waals surface area contributed by atoms with E-state index in [4.69, 9.17) is 4.74 Å². The normalized spacial score (nSPS) is 18.9. The topological polar surface area (TPSA) is 53.9 Å². The van der Waals surface area contributed by atoms with Crippen LogP contribution in [-0.2, 0) is 4.74 Å². The highest BCUT2D eigenvalue weighted by Gasteiger charge is 2.14. The van der Waals surface area contributed by atoms with Gasteiger partial charge in [0.1, 0.15) is 5.75 Å². The van der Waals surface area contributed by atoms with Crippen LogP contribution in [0.3, 0.4) is 0 Å². The van der Waals surface area contributed by atoms with Crippen LogP contribution in [0.4, 0.5) is 0 Å². The van der Waals surface area contributed by atoms with E-state index in [0.29, 0.717) is 6.54 Å². The molecule has 2 N–H and O–H groups in total. The standard InChI is InChI=1S/C16H18N2O2/c19-16-8-7-12-4-1-2-6-14(12)15(16)11-18-17-10-13-5-3-9-20-13/h1-2,4,6-8,11,13,17,19H,3,5,9-10H2. The lowest BCUT2D eigenvalue weighted by Gasteiger charge is -2.08. The number of hydrogen-bond acceptors (Lipinski definition) is 4. The molecule has 3 rings (SSSR count). The molecule has 0 radical (unpaired) electrons. The molecule has 1 saturated heterocycles. The highest BCUT2D eigenvalue weighted by atomic mass is 16.5. The second-order valence-electron chi connectivity index (χ2n) is 4.97. The van der Waals surface area contributed by atoms with E-state index in [1.165, 1.54) is 0 Å². The first kappa shape index (κ1) is 12.9. The third kappa shape index (κ3) is 2.75. The predicted molar refractivity (Wildman–Crippen MR) is 80.2 cm³/mol. The number of ether oxygens (including phenoxy) is 1. The van der Waals surface area contributed by atoms with Crippen molar-refractivity contribution in [3.63, 3.8) is 0 Å². The van der Waals surface area contributed by atoms with Crippen LogP contribution in [0.25, 0.3) is 10.8 Å². The van der Waals surface area contributed by atoms with Crippen molar-refractivity contribution in [3.05, 3.63) is 42.0 Å². The van der Waals surface area contributed by atoms with E-state index >= 15 is 0 Å². The molecule has 2 aromatic rings. The fourth-order valence-corrected chi connectivity index (χ4v) is 2.49. The molecule has 0 bridgehead atoms. The Kier molecular flexibility index (Phi) is 3.83. The number of rotatable bonds is 4. The average Bonchev–Trinajstić information content (AvgIpc) is 2.98. The van der Waals surface area contributed by atoms with Crippen molar-refractivity contribution in [3.8, 4) is 5.75 Å².